The Morgan fingerprint density at radius 2 is 2.21 bits per heavy atom. The lowest BCUT2D eigenvalue weighted by molar-refractivity contribution is 0.0315. The standard InChI is InChI=1S/C13H20N2O3S/c16-7-4-15(13(17)12-1-10-19-11-12)3-2-14-5-8-18-9-6-14/h1,10-11,16H,2-9H2. The van der Waals surface area contributed by atoms with Gasteiger partial charge in [-0.25, -0.2) is 0 Å². The van der Waals surface area contributed by atoms with Gasteiger partial charge in [0, 0.05) is 38.1 Å². The molecule has 1 aliphatic rings. The van der Waals surface area contributed by atoms with E-state index in [1.54, 1.807) is 4.90 Å². The minimum Gasteiger partial charge on any atom is -0.395 e. The van der Waals surface area contributed by atoms with E-state index in [1.165, 1.54) is 11.3 Å². The number of rotatable bonds is 6. The van der Waals surface area contributed by atoms with Crippen molar-refractivity contribution < 1.29 is 14.6 Å². The van der Waals surface area contributed by atoms with Gasteiger partial charge in [-0.05, 0) is 11.4 Å². The van der Waals surface area contributed by atoms with Crippen LogP contribution in [0.1, 0.15) is 10.4 Å². The van der Waals surface area contributed by atoms with Crippen LogP contribution in [-0.4, -0.2) is 73.4 Å². The van der Waals surface area contributed by atoms with Crippen molar-refractivity contribution >= 4 is 17.2 Å². The first-order valence-corrected chi connectivity index (χ1v) is 7.48. The van der Waals surface area contributed by atoms with Gasteiger partial charge in [-0.3, -0.25) is 9.69 Å². The van der Waals surface area contributed by atoms with Crippen molar-refractivity contribution in [2.24, 2.45) is 0 Å². The van der Waals surface area contributed by atoms with Crippen molar-refractivity contribution in [3.05, 3.63) is 22.4 Å². The Hall–Kier alpha value is -0.950. The van der Waals surface area contributed by atoms with Crippen molar-refractivity contribution in [1.29, 1.82) is 0 Å². The van der Waals surface area contributed by atoms with Crippen molar-refractivity contribution in [1.82, 2.24) is 9.80 Å². The molecule has 106 valence electrons. The Morgan fingerprint density at radius 1 is 1.42 bits per heavy atom. The van der Waals surface area contributed by atoms with Gasteiger partial charge in [-0.1, -0.05) is 0 Å². The summed E-state index contributed by atoms with van der Waals surface area (Å²) in [7, 11) is 0. The number of carbonyl (C=O) groups excluding carboxylic acids is 1. The van der Waals surface area contributed by atoms with Gasteiger partial charge in [0.2, 0.25) is 0 Å². The van der Waals surface area contributed by atoms with E-state index in [0.29, 0.717) is 18.7 Å². The van der Waals surface area contributed by atoms with Crippen LogP contribution in [-0.2, 0) is 4.74 Å². The van der Waals surface area contributed by atoms with E-state index in [0.717, 1.165) is 32.8 Å². The maximum atomic E-state index is 12.2. The summed E-state index contributed by atoms with van der Waals surface area (Å²) in [4.78, 5) is 16.3. The molecule has 1 aromatic heterocycles. The summed E-state index contributed by atoms with van der Waals surface area (Å²) >= 11 is 1.51. The zero-order valence-corrected chi connectivity index (χ0v) is 11.8. The molecule has 0 aromatic carbocycles. The zero-order valence-electron chi connectivity index (χ0n) is 11.0. The molecule has 1 aliphatic heterocycles. The maximum Gasteiger partial charge on any atom is 0.254 e. The minimum absolute atomic E-state index is 0.00100. The second-order valence-corrected chi connectivity index (χ2v) is 5.26. The first-order valence-electron chi connectivity index (χ1n) is 6.53. The molecule has 1 fully saturated rings. The van der Waals surface area contributed by atoms with Crippen LogP contribution in [0.3, 0.4) is 0 Å². The topological polar surface area (TPSA) is 53.0 Å². The highest BCUT2D eigenvalue weighted by molar-refractivity contribution is 7.08. The third-order valence-corrected chi connectivity index (χ3v) is 3.90. The number of hydrogen-bond donors (Lipinski definition) is 1. The Kier molecular flexibility index (Phi) is 5.78. The molecule has 1 amide bonds. The van der Waals surface area contributed by atoms with Crippen molar-refractivity contribution in [2.75, 3.05) is 52.5 Å². The fraction of sp³-hybridized carbons (Fsp3) is 0.615. The van der Waals surface area contributed by atoms with Gasteiger partial charge in [0.15, 0.2) is 0 Å². The molecule has 0 spiro atoms. The summed E-state index contributed by atoms with van der Waals surface area (Å²) in [5.41, 5.74) is 0.709. The third kappa shape index (κ3) is 4.28. The van der Waals surface area contributed by atoms with E-state index >= 15 is 0 Å². The van der Waals surface area contributed by atoms with E-state index in [9.17, 15) is 4.79 Å². The largest absolute Gasteiger partial charge is 0.395 e. The molecule has 0 aliphatic carbocycles. The molecule has 1 saturated heterocycles. The van der Waals surface area contributed by atoms with E-state index in [2.05, 4.69) is 4.90 Å². The molecule has 5 nitrogen and oxygen atoms in total. The average molecular weight is 284 g/mol. The first-order chi connectivity index (χ1) is 9.31. The molecule has 0 bridgehead atoms. The predicted octanol–water partition coefficient (Wildman–Crippen LogP) is 0.515. The van der Waals surface area contributed by atoms with Crippen LogP contribution in [0, 0.1) is 0 Å². The number of carbonyl (C=O) groups is 1. The van der Waals surface area contributed by atoms with Gasteiger partial charge < -0.3 is 14.7 Å². The number of thiophene rings is 1. The van der Waals surface area contributed by atoms with Crippen LogP contribution in [0.15, 0.2) is 16.8 Å². The van der Waals surface area contributed by atoms with E-state index in [-0.39, 0.29) is 12.5 Å². The second kappa shape index (κ2) is 7.59. The van der Waals surface area contributed by atoms with Gasteiger partial charge in [-0.15, -0.1) is 0 Å². The summed E-state index contributed by atoms with van der Waals surface area (Å²) in [5, 5.41) is 12.8. The molecule has 0 unspecified atom stereocenters. The molecule has 2 heterocycles. The van der Waals surface area contributed by atoms with Gasteiger partial charge in [0.25, 0.3) is 5.91 Å². The summed E-state index contributed by atoms with van der Waals surface area (Å²) in [6.45, 7) is 5.22. The zero-order chi connectivity index (χ0) is 13.5. The number of aliphatic hydroxyl groups excluding tert-OH is 1. The Bertz CT molecular complexity index is 377. The molecule has 0 radical (unpaired) electrons. The predicted molar refractivity (Wildman–Crippen MR) is 74.6 cm³/mol. The molecule has 2 rings (SSSR count). The SMILES string of the molecule is O=C(c1ccsc1)N(CCO)CCN1CCOCC1. The molecule has 0 atom stereocenters. The van der Waals surface area contributed by atoms with E-state index in [4.69, 9.17) is 9.84 Å². The second-order valence-electron chi connectivity index (χ2n) is 4.48. The van der Waals surface area contributed by atoms with Crippen LogP contribution in [0.5, 0.6) is 0 Å². The lowest BCUT2D eigenvalue weighted by atomic mass is 10.3. The monoisotopic (exact) mass is 284 g/mol. The van der Waals surface area contributed by atoms with Gasteiger partial charge in [-0.2, -0.15) is 11.3 Å². The summed E-state index contributed by atoms with van der Waals surface area (Å²) < 4.78 is 5.30. The number of hydrogen-bond acceptors (Lipinski definition) is 5. The Morgan fingerprint density at radius 3 is 2.84 bits per heavy atom. The van der Waals surface area contributed by atoms with Crippen molar-refractivity contribution in [3.8, 4) is 0 Å². The molecule has 1 N–H and O–H groups in total. The number of aliphatic hydroxyl groups is 1. The van der Waals surface area contributed by atoms with Crippen molar-refractivity contribution in [3.63, 3.8) is 0 Å². The number of nitrogens with zero attached hydrogens (tertiary/aromatic N) is 2. The average Bonchev–Trinajstić information content (AvgIpc) is 2.98. The summed E-state index contributed by atoms with van der Waals surface area (Å²) in [5.74, 6) is 0.00330. The lowest BCUT2D eigenvalue weighted by Crippen LogP contribution is -2.43. The quantitative estimate of drug-likeness (QED) is 0.827. The third-order valence-electron chi connectivity index (χ3n) is 3.22. The van der Waals surface area contributed by atoms with Gasteiger partial charge >= 0.3 is 0 Å². The fourth-order valence-corrected chi connectivity index (χ4v) is 2.72. The normalized spacial score (nSPS) is 16.5. The Balaban J connectivity index is 1.86. The van der Waals surface area contributed by atoms with Crippen molar-refractivity contribution in [2.45, 2.75) is 0 Å². The van der Waals surface area contributed by atoms with Gasteiger partial charge in [0.1, 0.15) is 0 Å². The molecule has 0 saturated carbocycles. The summed E-state index contributed by atoms with van der Waals surface area (Å²) in [6, 6.07) is 1.83. The maximum absolute atomic E-state index is 12.2. The molecular formula is C13H20N2O3S. The highest BCUT2D eigenvalue weighted by Gasteiger charge is 2.17. The molecule has 6 heteroatoms. The lowest BCUT2D eigenvalue weighted by Gasteiger charge is -2.29. The van der Waals surface area contributed by atoms with Crippen LogP contribution < -0.4 is 0 Å². The minimum atomic E-state index is -0.00100. The van der Waals surface area contributed by atoms with Crippen LogP contribution in [0.25, 0.3) is 0 Å². The summed E-state index contributed by atoms with van der Waals surface area (Å²) in [6.07, 6.45) is 0. The number of amides is 1. The molecule has 1 aromatic rings. The fourth-order valence-electron chi connectivity index (χ4n) is 2.09. The van der Waals surface area contributed by atoms with Gasteiger partial charge in [0.05, 0.1) is 25.4 Å². The van der Waals surface area contributed by atoms with Crippen LogP contribution in [0.2, 0.25) is 0 Å². The first kappa shape index (κ1) is 14.5. The molecular weight excluding hydrogens is 264 g/mol. The van der Waals surface area contributed by atoms with E-state index in [1.807, 2.05) is 16.8 Å². The van der Waals surface area contributed by atoms with Crippen LogP contribution in [0.4, 0.5) is 0 Å². The highest BCUT2D eigenvalue weighted by atomic mass is 32.1. The number of ether oxygens (including phenoxy) is 1. The Labute approximate surface area is 117 Å². The highest BCUT2D eigenvalue weighted by Crippen LogP contribution is 2.10. The van der Waals surface area contributed by atoms with E-state index < -0.39 is 0 Å². The smallest absolute Gasteiger partial charge is 0.254 e. The number of morpholine rings is 1. The molecule has 19 heavy (non-hydrogen) atoms. The van der Waals surface area contributed by atoms with Crippen LogP contribution >= 0.6 is 11.3 Å².